The van der Waals surface area contributed by atoms with Gasteiger partial charge in [-0.25, -0.2) is 0 Å². The molecule has 0 radical (unpaired) electrons. The smallest absolute Gasteiger partial charge is 0.119 e. The van der Waals surface area contributed by atoms with Crippen molar-refractivity contribution in [3.63, 3.8) is 0 Å². The molecule has 1 heterocycles. The molecule has 0 spiro atoms. The van der Waals surface area contributed by atoms with Gasteiger partial charge in [-0.2, -0.15) is 0 Å². The topological polar surface area (TPSA) is 32.7 Å². The van der Waals surface area contributed by atoms with E-state index in [1.807, 2.05) is 30.3 Å². The van der Waals surface area contributed by atoms with Crippen LogP contribution in [-0.4, -0.2) is 36.8 Å². The summed E-state index contributed by atoms with van der Waals surface area (Å²) < 4.78 is 5.32. The molecule has 1 aliphatic rings. The molecule has 0 bridgehead atoms. The Labute approximate surface area is 155 Å². The van der Waals surface area contributed by atoms with Crippen LogP contribution in [0.3, 0.4) is 0 Å². The molecule has 1 saturated heterocycles. The van der Waals surface area contributed by atoms with Crippen molar-refractivity contribution in [1.29, 1.82) is 0 Å². The minimum Gasteiger partial charge on any atom is -0.497 e. The van der Waals surface area contributed by atoms with Crippen molar-refractivity contribution in [3.8, 4) is 5.75 Å². The quantitative estimate of drug-likeness (QED) is 0.840. The number of hydrogen-bond acceptors (Lipinski definition) is 3. The lowest BCUT2D eigenvalue weighted by Crippen LogP contribution is -2.42. The lowest BCUT2D eigenvalue weighted by Gasteiger charge is -2.41. The highest BCUT2D eigenvalue weighted by atomic mass is 35.5. The van der Waals surface area contributed by atoms with Crippen molar-refractivity contribution < 1.29 is 9.84 Å². The zero-order valence-corrected chi connectivity index (χ0v) is 15.5. The van der Waals surface area contributed by atoms with E-state index in [4.69, 9.17) is 16.3 Å². The van der Waals surface area contributed by atoms with Gasteiger partial charge < -0.3 is 9.84 Å². The van der Waals surface area contributed by atoms with Crippen molar-refractivity contribution in [2.75, 3.05) is 26.8 Å². The normalized spacial score (nSPS) is 17.4. The summed E-state index contributed by atoms with van der Waals surface area (Å²) >= 11 is 6.28. The maximum Gasteiger partial charge on any atom is 0.119 e. The maximum atomic E-state index is 10.1. The molecule has 0 atom stereocenters. The van der Waals surface area contributed by atoms with Gasteiger partial charge in [0, 0.05) is 18.2 Å². The Morgan fingerprint density at radius 2 is 1.88 bits per heavy atom. The molecule has 0 aromatic heterocycles. The van der Waals surface area contributed by atoms with Gasteiger partial charge in [0.2, 0.25) is 0 Å². The fourth-order valence-electron chi connectivity index (χ4n) is 3.66. The van der Waals surface area contributed by atoms with Gasteiger partial charge >= 0.3 is 0 Å². The van der Waals surface area contributed by atoms with Gasteiger partial charge in [-0.1, -0.05) is 41.9 Å². The van der Waals surface area contributed by atoms with Crippen LogP contribution in [0.2, 0.25) is 5.02 Å². The largest absolute Gasteiger partial charge is 0.497 e. The summed E-state index contributed by atoms with van der Waals surface area (Å²) in [5, 5.41) is 10.9. The van der Waals surface area contributed by atoms with Crippen LogP contribution < -0.4 is 4.74 Å². The summed E-state index contributed by atoms with van der Waals surface area (Å²) in [6.45, 7) is 3.07. The number of aliphatic hydroxyl groups excluding tert-OH is 1. The molecule has 0 amide bonds. The lowest BCUT2D eigenvalue weighted by atomic mass is 9.74. The second-order valence-corrected chi connectivity index (χ2v) is 7.46. The molecule has 3 nitrogen and oxygen atoms in total. The Kier molecular flexibility index (Phi) is 6.00. The molecule has 2 aromatic rings. The van der Waals surface area contributed by atoms with Crippen LogP contribution in [0, 0.1) is 5.41 Å². The average molecular weight is 360 g/mol. The van der Waals surface area contributed by atoms with Crippen molar-refractivity contribution in [2.24, 2.45) is 5.41 Å². The number of benzene rings is 2. The monoisotopic (exact) mass is 359 g/mol. The minimum atomic E-state index is -0.0383. The Bertz CT molecular complexity index is 696. The lowest BCUT2D eigenvalue weighted by molar-refractivity contribution is 0.0413. The second kappa shape index (κ2) is 8.22. The first-order chi connectivity index (χ1) is 12.1. The molecule has 0 aliphatic carbocycles. The standard InChI is InChI=1S/C21H26ClNO2/c1-25-19-7-4-5-17(13-19)14-21(16-24)9-11-23(12-10-21)15-18-6-2-3-8-20(18)22/h2-8,13,24H,9-12,14-16H2,1H3. The van der Waals surface area contributed by atoms with Crippen LogP contribution in [0.5, 0.6) is 5.75 Å². The van der Waals surface area contributed by atoms with Crippen molar-refractivity contribution in [2.45, 2.75) is 25.8 Å². The second-order valence-electron chi connectivity index (χ2n) is 7.05. The minimum absolute atomic E-state index is 0.0383. The number of likely N-dealkylation sites (tertiary alicyclic amines) is 1. The SMILES string of the molecule is COc1cccc(CC2(CO)CCN(Cc3ccccc3Cl)CC2)c1. The van der Waals surface area contributed by atoms with Crippen molar-refractivity contribution in [3.05, 3.63) is 64.7 Å². The number of halogens is 1. The first kappa shape index (κ1) is 18.2. The molecule has 2 aromatic carbocycles. The highest BCUT2D eigenvalue weighted by molar-refractivity contribution is 6.31. The molecule has 1 fully saturated rings. The highest BCUT2D eigenvalue weighted by Gasteiger charge is 2.34. The van der Waals surface area contributed by atoms with Crippen molar-refractivity contribution in [1.82, 2.24) is 4.90 Å². The van der Waals surface area contributed by atoms with E-state index in [9.17, 15) is 5.11 Å². The molecule has 0 unspecified atom stereocenters. The predicted molar refractivity (Wildman–Crippen MR) is 102 cm³/mol. The molecule has 134 valence electrons. The van der Waals surface area contributed by atoms with Crippen LogP contribution in [0.1, 0.15) is 24.0 Å². The molecule has 1 N–H and O–H groups in total. The summed E-state index contributed by atoms with van der Waals surface area (Å²) in [6.07, 6.45) is 2.87. The summed E-state index contributed by atoms with van der Waals surface area (Å²) in [5.41, 5.74) is 2.37. The first-order valence-electron chi connectivity index (χ1n) is 8.84. The summed E-state index contributed by atoms with van der Waals surface area (Å²) in [6, 6.07) is 16.2. The van der Waals surface area contributed by atoms with Gasteiger partial charge in [0.15, 0.2) is 0 Å². The molecule has 3 rings (SSSR count). The zero-order valence-electron chi connectivity index (χ0n) is 14.7. The number of nitrogens with zero attached hydrogens (tertiary/aromatic N) is 1. The first-order valence-corrected chi connectivity index (χ1v) is 9.21. The predicted octanol–water partition coefficient (Wildman–Crippen LogP) is 4.17. The summed E-state index contributed by atoms with van der Waals surface area (Å²) in [5.74, 6) is 0.877. The third-order valence-electron chi connectivity index (χ3n) is 5.32. The number of hydrogen-bond donors (Lipinski definition) is 1. The van der Waals surface area contributed by atoms with Gasteiger partial charge in [-0.3, -0.25) is 4.90 Å². The molecular weight excluding hydrogens is 334 g/mol. The molecule has 25 heavy (non-hydrogen) atoms. The van der Waals surface area contributed by atoms with E-state index >= 15 is 0 Å². The summed E-state index contributed by atoms with van der Waals surface area (Å²) in [7, 11) is 1.69. The number of methoxy groups -OCH3 is 1. The van der Waals surface area contributed by atoms with Crippen LogP contribution in [0.4, 0.5) is 0 Å². The maximum absolute atomic E-state index is 10.1. The summed E-state index contributed by atoms with van der Waals surface area (Å²) in [4.78, 5) is 2.43. The Morgan fingerprint density at radius 1 is 1.12 bits per heavy atom. The Morgan fingerprint density at radius 3 is 2.56 bits per heavy atom. The van der Waals surface area contributed by atoms with E-state index in [2.05, 4.69) is 23.1 Å². The van der Waals surface area contributed by atoms with E-state index in [1.54, 1.807) is 7.11 Å². The zero-order chi connectivity index (χ0) is 17.7. The van der Waals surface area contributed by atoms with Gasteiger partial charge in [0.05, 0.1) is 7.11 Å². The highest BCUT2D eigenvalue weighted by Crippen LogP contribution is 2.36. The average Bonchev–Trinajstić information content (AvgIpc) is 2.65. The third-order valence-corrected chi connectivity index (χ3v) is 5.69. The van der Waals surface area contributed by atoms with E-state index in [-0.39, 0.29) is 12.0 Å². The fraction of sp³-hybridized carbons (Fsp3) is 0.429. The van der Waals surface area contributed by atoms with Gasteiger partial charge in [-0.15, -0.1) is 0 Å². The van der Waals surface area contributed by atoms with Crippen LogP contribution in [-0.2, 0) is 13.0 Å². The van der Waals surface area contributed by atoms with Crippen LogP contribution in [0.25, 0.3) is 0 Å². The van der Waals surface area contributed by atoms with Gasteiger partial charge in [0.1, 0.15) is 5.75 Å². The number of aliphatic hydroxyl groups is 1. The Balaban J connectivity index is 1.62. The third kappa shape index (κ3) is 4.55. The molecular formula is C21H26ClNO2. The number of ether oxygens (including phenoxy) is 1. The number of piperidine rings is 1. The number of rotatable bonds is 6. The molecule has 1 aliphatic heterocycles. The van der Waals surface area contributed by atoms with E-state index < -0.39 is 0 Å². The van der Waals surface area contributed by atoms with Gasteiger partial charge in [-0.05, 0) is 67.1 Å². The van der Waals surface area contributed by atoms with Crippen LogP contribution >= 0.6 is 11.6 Å². The van der Waals surface area contributed by atoms with E-state index in [1.165, 1.54) is 11.1 Å². The van der Waals surface area contributed by atoms with Gasteiger partial charge in [0.25, 0.3) is 0 Å². The van der Waals surface area contributed by atoms with E-state index in [0.29, 0.717) is 0 Å². The van der Waals surface area contributed by atoms with E-state index in [0.717, 1.165) is 49.7 Å². The Hall–Kier alpha value is -1.55. The van der Waals surface area contributed by atoms with Crippen molar-refractivity contribution >= 4 is 11.6 Å². The molecule has 4 heteroatoms. The fourth-order valence-corrected chi connectivity index (χ4v) is 3.85. The van der Waals surface area contributed by atoms with Crippen LogP contribution in [0.15, 0.2) is 48.5 Å². The molecule has 0 saturated carbocycles.